The van der Waals surface area contributed by atoms with Crippen LogP contribution in [-0.4, -0.2) is 39.2 Å². The van der Waals surface area contributed by atoms with E-state index in [1.807, 2.05) is 0 Å². The molecule has 0 radical (unpaired) electrons. The zero-order valence-corrected chi connectivity index (χ0v) is 16.9. The van der Waals surface area contributed by atoms with Gasteiger partial charge in [0.15, 0.2) is 6.10 Å². The summed E-state index contributed by atoms with van der Waals surface area (Å²) in [6, 6.07) is 14.9. The van der Waals surface area contributed by atoms with Gasteiger partial charge < -0.3 is 20.5 Å². The molecular formula is C23H29N3O3. The van der Waals surface area contributed by atoms with Crippen LogP contribution in [0.1, 0.15) is 61.6 Å². The number of H-pyrrole nitrogens is 1. The third kappa shape index (κ3) is 5.43. The van der Waals surface area contributed by atoms with Gasteiger partial charge in [-0.05, 0) is 55.1 Å². The number of piperidine rings is 1. The van der Waals surface area contributed by atoms with Crippen LogP contribution >= 0.6 is 0 Å². The fourth-order valence-electron chi connectivity index (χ4n) is 3.47. The number of hydrogen-bond acceptors (Lipinski definition) is 4. The molecular weight excluding hydrogens is 366 g/mol. The first-order chi connectivity index (χ1) is 14.0. The highest BCUT2D eigenvalue weighted by atomic mass is 16.4. The van der Waals surface area contributed by atoms with Crippen LogP contribution in [0.5, 0.6) is 0 Å². The first kappa shape index (κ1) is 21.0. The summed E-state index contributed by atoms with van der Waals surface area (Å²) < 4.78 is 0. The molecule has 6 nitrogen and oxygen atoms in total. The number of aromatic amines is 1. The van der Waals surface area contributed by atoms with Crippen LogP contribution in [0.25, 0.3) is 11.0 Å². The fraction of sp³-hybridized carbons (Fsp3) is 0.391. The predicted molar refractivity (Wildman–Crippen MR) is 114 cm³/mol. The van der Waals surface area contributed by atoms with Crippen LogP contribution < -0.4 is 5.32 Å². The van der Waals surface area contributed by atoms with Crippen molar-refractivity contribution in [1.82, 2.24) is 15.3 Å². The molecule has 4 rings (SSSR count). The van der Waals surface area contributed by atoms with Crippen LogP contribution in [0.4, 0.5) is 0 Å². The van der Waals surface area contributed by atoms with E-state index in [4.69, 9.17) is 15.2 Å². The van der Waals surface area contributed by atoms with Crippen molar-refractivity contribution in [3.05, 3.63) is 65.5 Å². The number of carbonyl (C=O) groups is 1. The van der Waals surface area contributed by atoms with Crippen LogP contribution in [-0.2, 0) is 4.79 Å². The Hall–Kier alpha value is -2.70. The molecule has 1 aromatic heterocycles. The number of nitrogens with one attached hydrogen (secondary N) is 2. The topological polar surface area (TPSA) is 98.2 Å². The highest BCUT2D eigenvalue weighted by Crippen LogP contribution is 2.26. The van der Waals surface area contributed by atoms with E-state index in [2.05, 4.69) is 42.3 Å². The van der Waals surface area contributed by atoms with Crippen LogP contribution in [0.2, 0.25) is 0 Å². The molecule has 0 amide bonds. The molecule has 2 aromatic carbocycles. The third-order valence-corrected chi connectivity index (χ3v) is 5.27. The standard InChI is InChI=1S/C15H21N3.C8H8O3/c1-10(2)12-3-4-13-14(9-12)18-15(17-13)11-5-7-16-8-6-11;9-7(8(10)11)6-4-2-1-3-5-6/h3-4,9-11,16H,5-8H2,1-2H3,(H,17,18);1-5,7,9H,(H,10,11). The Kier molecular flexibility index (Phi) is 7.01. The Labute approximate surface area is 171 Å². The van der Waals surface area contributed by atoms with E-state index < -0.39 is 12.1 Å². The van der Waals surface area contributed by atoms with Gasteiger partial charge >= 0.3 is 5.97 Å². The quantitative estimate of drug-likeness (QED) is 0.536. The second-order valence-electron chi connectivity index (χ2n) is 7.73. The number of imidazole rings is 1. The number of fused-ring (bicyclic) bond motifs is 1. The van der Waals surface area contributed by atoms with Crippen LogP contribution in [0.3, 0.4) is 0 Å². The van der Waals surface area contributed by atoms with E-state index in [-0.39, 0.29) is 0 Å². The number of carboxylic acid groups (broad SMARTS) is 1. The number of hydrogen-bond donors (Lipinski definition) is 4. The summed E-state index contributed by atoms with van der Waals surface area (Å²) in [4.78, 5) is 18.5. The molecule has 1 aliphatic rings. The molecule has 1 fully saturated rings. The maximum atomic E-state index is 10.2. The number of carboxylic acids is 1. The Morgan fingerprint density at radius 1 is 1.07 bits per heavy atom. The summed E-state index contributed by atoms with van der Waals surface area (Å²) in [5.41, 5.74) is 4.06. The molecule has 0 bridgehead atoms. The molecule has 2 heterocycles. The Morgan fingerprint density at radius 2 is 1.76 bits per heavy atom. The molecule has 3 aromatic rings. The highest BCUT2D eigenvalue weighted by Gasteiger charge is 2.18. The number of aliphatic hydroxyl groups excluding tert-OH is 1. The lowest BCUT2D eigenvalue weighted by atomic mass is 9.98. The maximum Gasteiger partial charge on any atom is 0.337 e. The van der Waals surface area contributed by atoms with Gasteiger partial charge in [-0.3, -0.25) is 0 Å². The lowest BCUT2D eigenvalue weighted by Gasteiger charge is -2.20. The third-order valence-electron chi connectivity index (χ3n) is 5.27. The Balaban J connectivity index is 0.000000188. The van der Waals surface area contributed by atoms with Crippen molar-refractivity contribution in [2.24, 2.45) is 0 Å². The van der Waals surface area contributed by atoms with Crippen molar-refractivity contribution in [3.63, 3.8) is 0 Å². The molecule has 0 spiro atoms. The van der Waals surface area contributed by atoms with Crippen molar-refractivity contribution >= 4 is 17.0 Å². The van der Waals surface area contributed by atoms with Gasteiger partial charge in [-0.25, -0.2) is 9.78 Å². The van der Waals surface area contributed by atoms with Gasteiger partial charge in [-0.1, -0.05) is 50.2 Å². The lowest BCUT2D eigenvalue weighted by molar-refractivity contribution is -0.146. The summed E-state index contributed by atoms with van der Waals surface area (Å²) in [6.45, 7) is 6.67. The molecule has 0 aliphatic carbocycles. The molecule has 154 valence electrons. The zero-order valence-electron chi connectivity index (χ0n) is 16.9. The van der Waals surface area contributed by atoms with E-state index in [0.717, 1.165) is 18.6 Å². The van der Waals surface area contributed by atoms with E-state index in [0.29, 0.717) is 17.4 Å². The molecule has 0 saturated carbocycles. The summed E-state index contributed by atoms with van der Waals surface area (Å²) in [6.07, 6.45) is 0.976. The summed E-state index contributed by atoms with van der Waals surface area (Å²) >= 11 is 0. The number of aliphatic hydroxyl groups is 1. The van der Waals surface area contributed by atoms with Crippen molar-refractivity contribution in [2.75, 3.05) is 13.1 Å². The Morgan fingerprint density at radius 3 is 2.38 bits per heavy atom. The zero-order chi connectivity index (χ0) is 20.8. The minimum Gasteiger partial charge on any atom is -0.479 e. The minimum atomic E-state index is -1.41. The molecule has 4 N–H and O–H groups in total. The van der Waals surface area contributed by atoms with Gasteiger partial charge in [0.2, 0.25) is 0 Å². The van der Waals surface area contributed by atoms with E-state index in [9.17, 15) is 4.79 Å². The predicted octanol–water partition coefficient (Wildman–Crippen LogP) is 3.96. The first-order valence-corrected chi connectivity index (χ1v) is 10.1. The van der Waals surface area contributed by atoms with Gasteiger partial charge in [0, 0.05) is 5.92 Å². The smallest absolute Gasteiger partial charge is 0.337 e. The van der Waals surface area contributed by atoms with Crippen LogP contribution in [0.15, 0.2) is 48.5 Å². The van der Waals surface area contributed by atoms with E-state index in [1.165, 1.54) is 29.7 Å². The average molecular weight is 396 g/mol. The second kappa shape index (κ2) is 9.67. The number of benzene rings is 2. The van der Waals surface area contributed by atoms with Gasteiger partial charge in [-0.15, -0.1) is 0 Å². The molecule has 1 unspecified atom stereocenters. The minimum absolute atomic E-state index is 0.403. The van der Waals surface area contributed by atoms with Gasteiger partial charge in [0.1, 0.15) is 5.82 Å². The van der Waals surface area contributed by atoms with Crippen molar-refractivity contribution in [1.29, 1.82) is 0 Å². The van der Waals surface area contributed by atoms with Gasteiger partial charge in [-0.2, -0.15) is 0 Å². The van der Waals surface area contributed by atoms with E-state index >= 15 is 0 Å². The molecule has 1 aliphatic heterocycles. The summed E-state index contributed by atoms with van der Waals surface area (Å²) in [5.74, 6) is 1.11. The van der Waals surface area contributed by atoms with Crippen molar-refractivity contribution in [3.8, 4) is 0 Å². The second-order valence-corrected chi connectivity index (χ2v) is 7.73. The number of rotatable bonds is 4. The highest BCUT2D eigenvalue weighted by molar-refractivity contribution is 5.76. The van der Waals surface area contributed by atoms with Gasteiger partial charge in [0.05, 0.1) is 11.0 Å². The summed E-state index contributed by atoms with van der Waals surface area (Å²) in [7, 11) is 0. The largest absolute Gasteiger partial charge is 0.479 e. The first-order valence-electron chi connectivity index (χ1n) is 10.1. The van der Waals surface area contributed by atoms with Crippen LogP contribution in [0, 0.1) is 0 Å². The van der Waals surface area contributed by atoms with Crippen molar-refractivity contribution < 1.29 is 15.0 Å². The SMILES string of the molecule is CC(C)c1ccc2[nH]c(C3CCNCC3)nc2c1.O=C(O)C(O)c1ccccc1. The lowest BCUT2D eigenvalue weighted by Crippen LogP contribution is -2.27. The number of nitrogens with zero attached hydrogens (tertiary/aromatic N) is 1. The molecule has 29 heavy (non-hydrogen) atoms. The van der Waals surface area contributed by atoms with Gasteiger partial charge in [0.25, 0.3) is 0 Å². The summed E-state index contributed by atoms with van der Waals surface area (Å²) in [5, 5.41) is 20.8. The Bertz CT molecular complexity index is 931. The normalized spacial score (nSPS) is 15.7. The number of aromatic nitrogens is 2. The van der Waals surface area contributed by atoms with E-state index in [1.54, 1.807) is 30.3 Å². The average Bonchev–Trinajstić information content (AvgIpc) is 3.18. The molecule has 6 heteroatoms. The maximum absolute atomic E-state index is 10.2. The number of aliphatic carboxylic acids is 1. The molecule has 1 saturated heterocycles. The fourth-order valence-corrected chi connectivity index (χ4v) is 3.47. The molecule has 1 atom stereocenters. The van der Waals surface area contributed by atoms with Crippen molar-refractivity contribution in [2.45, 2.75) is 44.6 Å². The monoisotopic (exact) mass is 395 g/mol.